The minimum absolute atomic E-state index is 0.193. The molecule has 0 radical (unpaired) electrons. The summed E-state index contributed by atoms with van der Waals surface area (Å²) in [6, 6.07) is 17.0. The molecular formula is C29H30N4O4S. The van der Waals surface area contributed by atoms with Crippen molar-refractivity contribution in [2.24, 2.45) is 5.73 Å². The molecule has 196 valence electrons. The number of aromatic nitrogens is 2. The highest BCUT2D eigenvalue weighted by Gasteiger charge is 2.25. The highest BCUT2D eigenvalue weighted by atomic mass is 32.2. The molecule has 0 bridgehead atoms. The molecule has 1 amide bonds. The number of carbonyl (C=O) groups is 1. The summed E-state index contributed by atoms with van der Waals surface area (Å²) in [6.07, 6.45) is 3.63. The molecular weight excluding hydrogens is 500 g/mol. The van der Waals surface area contributed by atoms with Crippen molar-refractivity contribution in [3.63, 3.8) is 0 Å². The van der Waals surface area contributed by atoms with Crippen LogP contribution in [0.5, 0.6) is 5.75 Å². The number of sulfonamides is 1. The van der Waals surface area contributed by atoms with Gasteiger partial charge in [-0.25, -0.2) is 8.42 Å². The average molecular weight is 531 g/mol. The number of ether oxygens (including phenoxy) is 1. The van der Waals surface area contributed by atoms with Crippen LogP contribution >= 0.6 is 0 Å². The molecule has 0 atom stereocenters. The summed E-state index contributed by atoms with van der Waals surface area (Å²) < 4.78 is 34.7. The zero-order chi connectivity index (χ0) is 27.2. The van der Waals surface area contributed by atoms with Gasteiger partial charge in [-0.1, -0.05) is 19.1 Å². The molecule has 4 aromatic rings. The fraction of sp³-hybridized carbons (Fsp3) is 0.241. The smallest absolute Gasteiger partial charge is 0.248 e. The Morgan fingerprint density at radius 2 is 1.89 bits per heavy atom. The number of carbonyl (C=O) groups excluding carboxylic acids is 1. The third kappa shape index (κ3) is 4.77. The number of nitrogens with zero attached hydrogens (tertiary/aromatic N) is 2. The molecule has 0 fully saturated rings. The van der Waals surface area contributed by atoms with Crippen molar-refractivity contribution >= 4 is 43.7 Å². The van der Waals surface area contributed by atoms with E-state index in [1.165, 1.54) is 0 Å². The van der Waals surface area contributed by atoms with Crippen LogP contribution in [0.25, 0.3) is 22.0 Å². The number of primary amides is 1. The second-order valence-corrected chi connectivity index (χ2v) is 11.5. The molecule has 5 rings (SSSR count). The Labute approximate surface area is 222 Å². The average Bonchev–Trinajstić information content (AvgIpc) is 3.20. The monoisotopic (exact) mass is 530 g/mol. The van der Waals surface area contributed by atoms with E-state index in [0.29, 0.717) is 30.0 Å². The fourth-order valence-corrected chi connectivity index (χ4v) is 5.60. The van der Waals surface area contributed by atoms with Crippen LogP contribution in [0.15, 0.2) is 60.8 Å². The maximum absolute atomic E-state index is 12.1. The van der Waals surface area contributed by atoms with E-state index in [-0.39, 0.29) is 6.04 Å². The lowest BCUT2D eigenvalue weighted by Crippen LogP contribution is -2.11. The van der Waals surface area contributed by atoms with Crippen LogP contribution < -0.4 is 15.2 Å². The zero-order valence-corrected chi connectivity index (χ0v) is 22.6. The lowest BCUT2D eigenvalue weighted by Gasteiger charge is -2.19. The number of anilines is 1. The first kappa shape index (κ1) is 25.5. The highest BCUT2D eigenvalue weighted by molar-refractivity contribution is 7.92. The Kier molecular flexibility index (Phi) is 6.48. The Morgan fingerprint density at radius 3 is 2.58 bits per heavy atom. The van der Waals surface area contributed by atoms with Gasteiger partial charge in [-0.05, 0) is 90.6 Å². The molecule has 0 unspecified atom stereocenters. The molecule has 2 heterocycles. The molecule has 3 N–H and O–H groups in total. The second-order valence-electron chi connectivity index (χ2n) is 9.78. The van der Waals surface area contributed by atoms with Crippen molar-refractivity contribution in [3.8, 4) is 5.75 Å². The van der Waals surface area contributed by atoms with Crippen molar-refractivity contribution < 1.29 is 17.9 Å². The molecule has 1 aromatic heterocycles. The third-order valence-electron chi connectivity index (χ3n) is 6.67. The van der Waals surface area contributed by atoms with Crippen LogP contribution in [0.2, 0.25) is 0 Å². The number of hydrogen-bond acceptors (Lipinski definition) is 5. The SMILES string of the molecule is CC/C(=C1\c2cc3cnn(C(C)C)c3cc2COc2ccc(C(N)=O)cc21)c1cccc(NS(C)(=O)=O)c1. The maximum atomic E-state index is 12.1. The van der Waals surface area contributed by atoms with Crippen molar-refractivity contribution in [2.45, 2.75) is 39.8 Å². The van der Waals surface area contributed by atoms with E-state index in [1.54, 1.807) is 24.3 Å². The summed E-state index contributed by atoms with van der Waals surface area (Å²) in [4.78, 5) is 12.1. The lowest BCUT2D eigenvalue weighted by atomic mass is 9.85. The van der Waals surface area contributed by atoms with Gasteiger partial charge >= 0.3 is 0 Å². The van der Waals surface area contributed by atoms with Gasteiger partial charge in [-0.3, -0.25) is 14.2 Å². The largest absolute Gasteiger partial charge is 0.488 e. The predicted octanol–water partition coefficient (Wildman–Crippen LogP) is 5.35. The van der Waals surface area contributed by atoms with E-state index < -0.39 is 15.9 Å². The molecule has 1 aliphatic heterocycles. The number of amides is 1. The van der Waals surface area contributed by atoms with Crippen LogP contribution in [0.4, 0.5) is 5.69 Å². The number of nitrogens with one attached hydrogen (secondary N) is 1. The van der Waals surface area contributed by atoms with E-state index >= 15 is 0 Å². The maximum Gasteiger partial charge on any atom is 0.248 e. The predicted molar refractivity (Wildman–Crippen MR) is 151 cm³/mol. The van der Waals surface area contributed by atoms with Gasteiger partial charge in [0.15, 0.2) is 0 Å². The molecule has 0 spiro atoms. The Bertz CT molecular complexity index is 1720. The molecule has 38 heavy (non-hydrogen) atoms. The summed E-state index contributed by atoms with van der Waals surface area (Å²) in [7, 11) is -3.45. The number of nitrogens with two attached hydrogens (primary N) is 1. The molecule has 0 saturated carbocycles. The number of hydrogen-bond donors (Lipinski definition) is 2. The van der Waals surface area contributed by atoms with E-state index in [1.807, 2.05) is 29.1 Å². The fourth-order valence-electron chi connectivity index (χ4n) is 5.04. The standard InChI is InChI=1S/C29H30N4O4S/c1-5-23(18-7-6-8-22(11-18)32-38(4,35)36)28-24-13-20-15-31-33(17(2)3)26(20)14-21(24)16-37-27-10-9-19(29(30)34)12-25(27)28/h6-15,17,32H,5,16H2,1-4H3,(H2,30,34)/b28-23-. The van der Waals surface area contributed by atoms with Crippen molar-refractivity contribution in [3.05, 3.63) is 88.6 Å². The van der Waals surface area contributed by atoms with E-state index in [2.05, 4.69) is 42.7 Å². The van der Waals surface area contributed by atoms with Gasteiger partial charge in [0.1, 0.15) is 12.4 Å². The zero-order valence-electron chi connectivity index (χ0n) is 21.8. The van der Waals surface area contributed by atoms with Gasteiger partial charge in [0.05, 0.1) is 18.0 Å². The first-order valence-electron chi connectivity index (χ1n) is 12.4. The Morgan fingerprint density at radius 1 is 1.11 bits per heavy atom. The summed E-state index contributed by atoms with van der Waals surface area (Å²) in [5.74, 6) is 0.120. The number of benzene rings is 3. The van der Waals surface area contributed by atoms with Crippen LogP contribution in [0, 0.1) is 0 Å². The topological polar surface area (TPSA) is 116 Å². The summed E-state index contributed by atoms with van der Waals surface area (Å²) >= 11 is 0. The quantitative estimate of drug-likeness (QED) is 0.349. The minimum Gasteiger partial charge on any atom is -0.488 e. The van der Waals surface area contributed by atoms with Crippen molar-refractivity contribution in [1.29, 1.82) is 0 Å². The van der Waals surface area contributed by atoms with Crippen LogP contribution in [-0.4, -0.2) is 30.4 Å². The number of allylic oxidation sites excluding steroid dienone is 1. The third-order valence-corrected chi connectivity index (χ3v) is 7.27. The molecule has 0 aliphatic carbocycles. The number of rotatable bonds is 6. The van der Waals surface area contributed by atoms with Crippen LogP contribution in [-0.2, 0) is 16.6 Å². The van der Waals surface area contributed by atoms with Crippen LogP contribution in [0.1, 0.15) is 65.8 Å². The molecule has 1 aliphatic rings. The Balaban J connectivity index is 1.84. The number of fused-ring (bicyclic) bond motifs is 3. The second kappa shape index (κ2) is 9.64. The molecule has 3 aromatic carbocycles. The molecule has 8 nitrogen and oxygen atoms in total. The van der Waals surface area contributed by atoms with Gasteiger partial charge in [-0.2, -0.15) is 5.10 Å². The van der Waals surface area contributed by atoms with E-state index in [0.717, 1.165) is 50.6 Å². The lowest BCUT2D eigenvalue weighted by molar-refractivity contribution is 0.1000. The van der Waals surface area contributed by atoms with Gasteiger partial charge in [0.2, 0.25) is 15.9 Å². The van der Waals surface area contributed by atoms with Crippen LogP contribution in [0.3, 0.4) is 0 Å². The first-order chi connectivity index (χ1) is 18.1. The minimum atomic E-state index is -3.45. The molecule has 0 saturated heterocycles. The van der Waals surface area contributed by atoms with Gasteiger partial charge in [0.25, 0.3) is 0 Å². The van der Waals surface area contributed by atoms with Gasteiger partial charge in [-0.15, -0.1) is 0 Å². The van der Waals surface area contributed by atoms with Crippen molar-refractivity contribution in [2.75, 3.05) is 11.0 Å². The van der Waals surface area contributed by atoms with E-state index in [4.69, 9.17) is 10.5 Å². The highest BCUT2D eigenvalue weighted by Crippen LogP contribution is 2.44. The summed E-state index contributed by atoms with van der Waals surface area (Å²) in [5.41, 5.74) is 13.0. The normalized spacial score (nSPS) is 14.4. The Hall–Kier alpha value is -4.11. The van der Waals surface area contributed by atoms with Gasteiger partial charge in [0, 0.05) is 28.2 Å². The van der Waals surface area contributed by atoms with E-state index in [9.17, 15) is 13.2 Å². The summed E-state index contributed by atoms with van der Waals surface area (Å²) in [5, 5.41) is 5.59. The molecule has 9 heteroatoms. The summed E-state index contributed by atoms with van der Waals surface area (Å²) in [6.45, 7) is 6.58. The first-order valence-corrected chi connectivity index (χ1v) is 14.3. The van der Waals surface area contributed by atoms with Crippen molar-refractivity contribution in [1.82, 2.24) is 9.78 Å². The van der Waals surface area contributed by atoms with Gasteiger partial charge < -0.3 is 10.5 Å².